The molecule has 0 aliphatic heterocycles. The highest BCUT2D eigenvalue weighted by Crippen LogP contribution is 2.30. The Kier molecular flexibility index (Phi) is 5.28. The minimum atomic E-state index is 0.624. The lowest BCUT2D eigenvalue weighted by Gasteiger charge is -2.25. The Hall–Kier alpha value is -0.540. The van der Waals surface area contributed by atoms with Gasteiger partial charge in [0.1, 0.15) is 0 Å². The van der Waals surface area contributed by atoms with Crippen LogP contribution in [0.1, 0.15) is 50.4 Å². The molecule has 108 valence electrons. The first kappa shape index (κ1) is 14.9. The van der Waals surface area contributed by atoms with Gasteiger partial charge in [-0.25, -0.2) is 0 Å². The molecule has 2 unspecified atom stereocenters. The highest BCUT2D eigenvalue weighted by Gasteiger charge is 2.25. The molecule has 1 aromatic rings. The zero-order valence-electron chi connectivity index (χ0n) is 12.4. The Morgan fingerprint density at radius 3 is 2.74 bits per heavy atom. The Balaban J connectivity index is 2.18. The summed E-state index contributed by atoms with van der Waals surface area (Å²) in [5.41, 5.74) is 2.20. The van der Waals surface area contributed by atoms with Crippen LogP contribution < -0.4 is 5.32 Å². The summed E-state index contributed by atoms with van der Waals surface area (Å²) in [5, 5.41) is 8.91. The molecule has 1 heterocycles. The van der Waals surface area contributed by atoms with Crippen molar-refractivity contribution >= 4 is 11.6 Å². The van der Waals surface area contributed by atoms with E-state index in [0.717, 1.165) is 23.7 Å². The summed E-state index contributed by atoms with van der Waals surface area (Å²) in [6.07, 6.45) is 7.71. The van der Waals surface area contributed by atoms with Crippen molar-refractivity contribution in [3.63, 3.8) is 0 Å². The van der Waals surface area contributed by atoms with Crippen molar-refractivity contribution in [1.29, 1.82) is 0 Å². The molecule has 0 amide bonds. The Morgan fingerprint density at radius 2 is 2.05 bits per heavy atom. The van der Waals surface area contributed by atoms with Crippen LogP contribution in [0, 0.1) is 12.8 Å². The molecule has 1 N–H and O–H groups in total. The highest BCUT2D eigenvalue weighted by atomic mass is 35.5. The largest absolute Gasteiger partial charge is 0.317 e. The van der Waals surface area contributed by atoms with Crippen LogP contribution in [0.3, 0.4) is 0 Å². The maximum atomic E-state index is 6.44. The van der Waals surface area contributed by atoms with Gasteiger partial charge in [-0.05, 0) is 46.1 Å². The first-order valence-electron chi connectivity index (χ1n) is 7.56. The van der Waals surface area contributed by atoms with E-state index < -0.39 is 0 Å². The molecule has 1 aliphatic carbocycles. The van der Waals surface area contributed by atoms with E-state index in [1.165, 1.54) is 37.8 Å². The monoisotopic (exact) mass is 283 g/mol. The number of halogens is 1. The van der Waals surface area contributed by atoms with E-state index >= 15 is 0 Å². The van der Waals surface area contributed by atoms with Gasteiger partial charge in [0.25, 0.3) is 0 Å². The fourth-order valence-corrected chi connectivity index (χ4v) is 3.53. The molecule has 2 atom stereocenters. The molecule has 1 aliphatic rings. The Labute approximate surface area is 121 Å². The molecule has 4 heteroatoms. The number of aryl methyl sites for hydroxylation is 2. The maximum absolute atomic E-state index is 6.44. The molecule has 1 saturated carbocycles. The molecular formula is C15H26ClN3. The van der Waals surface area contributed by atoms with E-state index in [1.807, 2.05) is 6.92 Å². The zero-order chi connectivity index (χ0) is 13.8. The van der Waals surface area contributed by atoms with E-state index in [2.05, 4.69) is 29.1 Å². The Morgan fingerprint density at radius 1 is 1.32 bits per heavy atom. The van der Waals surface area contributed by atoms with Gasteiger partial charge in [-0.3, -0.25) is 4.68 Å². The number of aromatic nitrogens is 2. The van der Waals surface area contributed by atoms with E-state index in [0.29, 0.717) is 12.0 Å². The lowest BCUT2D eigenvalue weighted by molar-refractivity contribution is 0.342. The van der Waals surface area contributed by atoms with Crippen molar-refractivity contribution in [2.24, 2.45) is 5.92 Å². The molecule has 0 radical (unpaired) electrons. The summed E-state index contributed by atoms with van der Waals surface area (Å²) in [4.78, 5) is 0. The lowest BCUT2D eigenvalue weighted by atomic mass is 9.90. The molecule has 1 aromatic heterocycles. The molecule has 0 aromatic carbocycles. The topological polar surface area (TPSA) is 29.9 Å². The first-order valence-corrected chi connectivity index (χ1v) is 7.94. The molecule has 19 heavy (non-hydrogen) atoms. The van der Waals surface area contributed by atoms with E-state index in [-0.39, 0.29) is 0 Å². The van der Waals surface area contributed by atoms with Crippen LogP contribution in [0.2, 0.25) is 5.02 Å². The van der Waals surface area contributed by atoms with Crippen molar-refractivity contribution in [2.75, 3.05) is 7.05 Å². The summed E-state index contributed by atoms with van der Waals surface area (Å²) in [6.45, 7) is 5.04. The lowest BCUT2D eigenvalue weighted by Crippen LogP contribution is -2.34. The van der Waals surface area contributed by atoms with E-state index in [9.17, 15) is 0 Å². The van der Waals surface area contributed by atoms with Crippen LogP contribution in [0.15, 0.2) is 0 Å². The van der Waals surface area contributed by atoms with Crippen molar-refractivity contribution < 1.29 is 0 Å². The van der Waals surface area contributed by atoms with Crippen molar-refractivity contribution in [3.8, 4) is 0 Å². The van der Waals surface area contributed by atoms with E-state index in [1.54, 1.807) is 0 Å². The molecule has 2 rings (SSSR count). The number of rotatable bonds is 4. The molecule has 0 spiro atoms. The second-order valence-corrected chi connectivity index (χ2v) is 6.04. The fourth-order valence-electron chi connectivity index (χ4n) is 3.32. The number of nitrogens with zero attached hydrogens (tertiary/aromatic N) is 2. The fraction of sp³-hybridized carbons (Fsp3) is 0.800. The zero-order valence-corrected chi connectivity index (χ0v) is 13.1. The van der Waals surface area contributed by atoms with E-state index in [4.69, 9.17) is 11.6 Å². The highest BCUT2D eigenvalue weighted by molar-refractivity contribution is 6.31. The summed E-state index contributed by atoms with van der Waals surface area (Å²) >= 11 is 6.44. The van der Waals surface area contributed by atoms with Crippen LogP contribution in [-0.4, -0.2) is 22.9 Å². The second-order valence-electron chi connectivity index (χ2n) is 5.66. The van der Waals surface area contributed by atoms with Crippen LogP contribution in [0.5, 0.6) is 0 Å². The van der Waals surface area contributed by atoms with Gasteiger partial charge in [0.15, 0.2) is 0 Å². The molecule has 0 bridgehead atoms. The third-order valence-corrected chi connectivity index (χ3v) is 4.93. The summed E-state index contributed by atoms with van der Waals surface area (Å²) in [5.74, 6) is 0.686. The maximum Gasteiger partial charge on any atom is 0.0847 e. The number of hydrogen-bond acceptors (Lipinski definition) is 2. The SMILES string of the molecule is CCn1nc(C)c(Cl)c1CC1CCCCCC1NC. The van der Waals surface area contributed by atoms with Crippen molar-refractivity contribution in [1.82, 2.24) is 15.1 Å². The predicted octanol–water partition coefficient (Wildman–Crippen LogP) is 3.58. The van der Waals surface area contributed by atoms with Crippen LogP contribution in [-0.2, 0) is 13.0 Å². The Bertz CT molecular complexity index is 414. The van der Waals surface area contributed by atoms with Crippen molar-refractivity contribution in [3.05, 3.63) is 16.4 Å². The van der Waals surface area contributed by atoms with Gasteiger partial charge in [-0.15, -0.1) is 0 Å². The minimum Gasteiger partial charge on any atom is -0.317 e. The molecule has 0 saturated heterocycles. The molecular weight excluding hydrogens is 258 g/mol. The summed E-state index contributed by atoms with van der Waals surface area (Å²) in [7, 11) is 2.09. The van der Waals surface area contributed by atoms with Gasteiger partial charge < -0.3 is 5.32 Å². The van der Waals surface area contributed by atoms with Gasteiger partial charge >= 0.3 is 0 Å². The van der Waals surface area contributed by atoms with Crippen molar-refractivity contribution in [2.45, 2.75) is 65.0 Å². The third kappa shape index (κ3) is 3.32. The van der Waals surface area contributed by atoms with Crippen LogP contribution in [0.25, 0.3) is 0 Å². The summed E-state index contributed by atoms with van der Waals surface area (Å²) < 4.78 is 2.08. The molecule has 1 fully saturated rings. The average molecular weight is 284 g/mol. The van der Waals surface area contributed by atoms with Crippen LogP contribution in [0.4, 0.5) is 0 Å². The molecule has 3 nitrogen and oxygen atoms in total. The third-order valence-electron chi connectivity index (χ3n) is 4.44. The van der Waals surface area contributed by atoms with Gasteiger partial charge in [-0.1, -0.05) is 30.9 Å². The number of nitrogens with one attached hydrogen (secondary N) is 1. The smallest absolute Gasteiger partial charge is 0.0847 e. The van der Waals surface area contributed by atoms with Crippen LogP contribution >= 0.6 is 11.6 Å². The van der Waals surface area contributed by atoms with Gasteiger partial charge in [0.2, 0.25) is 0 Å². The minimum absolute atomic E-state index is 0.624. The second kappa shape index (κ2) is 6.76. The first-order chi connectivity index (χ1) is 9.17. The quantitative estimate of drug-likeness (QED) is 0.856. The normalized spacial score (nSPS) is 24.4. The van der Waals surface area contributed by atoms with Gasteiger partial charge in [0.05, 0.1) is 16.4 Å². The standard InChI is InChI=1S/C15H26ClN3/c1-4-19-14(15(16)11(2)18-19)10-12-8-6-5-7-9-13(12)17-3/h12-13,17H,4-10H2,1-3H3. The summed E-state index contributed by atoms with van der Waals surface area (Å²) in [6, 6.07) is 0.624. The predicted molar refractivity (Wildman–Crippen MR) is 80.8 cm³/mol. The number of hydrogen-bond donors (Lipinski definition) is 1. The van der Waals surface area contributed by atoms with Gasteiger partial charge in [-0.2, -0.15) is 5.10 Å². The average Bonchev–Trinajstić information content (AvgIpc) is 2.60. The van der Waals surface area contributed by atoms with Gasteiger partial charge in [0, 0.05) is 12.6 Å².